The predicted molar refractivity (Wildman–Crippen MR) is 78.2 cm³/mol. The standard InChI is InChI=1S/C16H22OS/c1-11-14(17)9-10-15(11)18-13-7-5-12(6-8-13)16(2,3)4/h5-8,11,15H,9-10H2,1-4H3. The van der Waals surface area contributed by atoms with E-state index in [1.54, 1.807) is 0 Å². The zero-order chi connectivity index (χ0) is 13.3. The largest absolute Gasteiger partial charge is 0.299 e. The zero-order valence-corrected chi connectivity index (χ0v) is 12.5. The molecule has 2 atom stereocenters. The molecule has 1 saturated carbocycles. The minimum Gasteiger partial charge on any atom is -0.299 e. The molecular formula is C16H22OS. The van der Waals surface area contributed by atoms with Crippen molar-refractivity contribution in [2.75, 3.05) is 0 Å². The Morgan fingerprint density at radius 3 is 2.22 bits per heavy atom. The normalized spacial score (nSPS) is 24.6. The molecule has 98 valence electrons. The molecule has 0 bridgehead atoms. The lowest BCUT2D eigenvalue weighted by Crippen LogP contribution is -2.12. The molecule has 0 N–H and O–H groups in total. The maximum Gasteiger partial charge on any atom is 0.136 e. The number of carbonyl (C=O) groups excluding carboxylic acids is 1. The first kappa shape index (κ1) is 13.7. The first-order valence-corrected chi connectivity index (χ1v) is 7.56. The van der Waals surface area contributed by atoms with Crippen molar-refractivity contribution in [3.63, 3.8) is 0 Å². The van der Waals surface area contributed by atoms with E-state index >= 15 is 0 Å². The Hall–Kier alpha value is -0.760. The van der Waals surface area contributed by atoms with Crippen LogP contribution in [0.3, 0.4) is 0 Å². The number of Topliss-reactive ketones (excluding diaryl/α,β-unsaturated/α-hetero) is 1. The quantitative estimate of drug-likeness (QED) is 0.783. The SMILES string of the molecule is CC1C(=O)CCC1Sc1ccc(C(C)(C)C)cc1. The van der Waals surface area contributed by atoms with E-state index in [4.69, 9.17) is 0 Å². The Labute approximate surface area is 114 Å². The molecule has 0 spiro atoms. The van der Waals surface area contributed by atoms with Crippen molar-refractivity contribution in [3.8, 4) is 0 Å². The molecule has 18 heavy (non-hydrogen) atoms. The van der Waals surface area contributed by atoms with Crippen LogP contribution in [-0.4, -0.2) is 11.0 Å². The molecular weight excluding hydrogens is 240 g/mol. The van der Waals surface area contributed by atoms with Crippen LogP contribution in [0.2, 0.25) is 0 Å². The lowest BCUT2D eigenvalue weighted by Gasteiger charge is -2.20. The highest BCUT2D eigenvalue weighted by Gasteiger charge is 2.31. The molecule has 1 aromatic carbocycles. The van der Waals surface area contributed by atoms with Crippen molar-refractivity contribution in [1.29, 1.82) is 0 Å². The monoisotopic (exact) mass is 262 g/mol. The summed E-state index contributed by atoms with van der Waals surface area (Å²) < 4.78 is 0. The fourth-order valence-corrected chi connectivity index (χ4v) is 3.57. The van der Waals surface area contributed by atoms with E-state index in [1.807, 2.05) is 11.8 Å². The fraction of sp³-hybridized carbons (Fsp3) is 0.562. The molecule has 1 nitrogen and oxygen atoms in total. The molecule has 1 aromatic rings. The third-order valence-corrected chi connectivity index (χ3v) is 5.24. The average molecular weight is 262 g/mol. The summed E-state index contributed by atoms with van der Waals surface area (Å²) >= 11 is 1.86. The van der Waals surface area contributed by atoms with E-state index in [9.17, 15) is 4.79 Å². The Bertz CT molecular complexity index is 427. The van der Waals surface area contributed by atoms with E-state index in [2.05, 4.69) is 52.0 Å². The Morgan fingerprint density at radius 2 is 1.78 bits per heavy atom. The zero-order valence-electron chi connectivity index (χ0n) is 11.7. The van der Waals surface area contributed by atoms with E-state index in [0.717, 1.165) is 12.8 Å². The third kappa shape index (κ3) is 2.97. The smallest absolute Gasteiger partial charge is 0.136 e. The summed E-state index contributed by atoms with van der Waals surface area (Å²) in [4.78, 5) is 12.8. The molecule has 2 heteroatoms. The summed E-state index contributed by atoms with van der Waals surface area (Å²) in [5.41, 5.74) is 1.57. The summed E-state index contributed by atoms with van der Waals surface area (Å²) in [6.45, 7) is 8.75. The van der Waals surface area contributed by atoms with Crippen molar-refractivity contribution < 1.29 is 4.79 Å². The van der Waals surface area contributed by atoms with Gasteiger partial charge in [-0.25, -0.2) is 0 Å². The Morgan fingerprint density at radius 1 is 1.17 bits per heavy atom. The number of ketones is 1. The van der Waals surface area contributed by atoms with Crippen LogP contribution in [0.15, 0.2) is 29.2 Å². The molecule has 2 rings (SSSR count). The second-order valence-corrected chi connectivity index (χ2v) is 7.54. The molecule has 0 aliphatic heterocycles. The Kier molecular flexibility index (Phi) is 3.86. The number of hydrogen-bond acceptors (Lipinski definition) is 2. The predicted octanol–water partition coefficient (Wildman–Crippen LogP) is 4.44. The van der Waals surface area contributed by atoms with Gasteiger partial charge < -0.3 is 0 Å². The van der Waals surface area contributed by atoms with Gasteiger partial charge in [0, 0.05) is 22.5 Å². The molecule has 0 heterocycles. The lowest BCUT2D eigenvalue weighted by atomic mass is 9.87. The van der Waals surface area contributed by atoms with Gasteiger partial charge in [0.1, 0.15) is 5.78 Å². The van der Waals surface area contributed by atoms with Gasteiger partial charge in [-0.2, -0.15) is 0 Å². The van der Waals surface area contributed by atoms with Crippen LogP contribution in [0.5, 0.6) is 0 Å². The lowest BCUT2D eigenvalue weighted by molar-refractivity contribution is -0.120. The average Bonchev–Trinajstić information content (AvgIpc) is 2.61. The summed E-state index contributed by atoms with van der Waals surface area (Å²) in [6, 6.07) is 8.81. The van der Waals surface area contributed by atoms with Crippen LogP contribution in [0, 0.1) is 5.92 Å². The van der Waals surface area contributed by atoms with E-state index in [-0.39, 0.29) is 11.3 Å². The van der Waals surface area contributed by atoms with Crippen LogP contribution in [0.4, 0.5) is 0 Å². The minimum atomic E-state index is 0.208. The van der Waals surface area contributed by atoms with Gasteiger partial charge in [-0.3, -0.25) is 4.79 Å². The first-order valence-electron chi connectivity index (χ1n) is 6.68. The topological polar surface area (TPSA) is 17.1 Å². The number of thioether (sulfide) groups is 1. The second kappa shape index (κ2) is 5.08. The van der Waals surface area contributed by atoms with Gasteiger partial charge in [-0.05, 0) is 29.5 Å². The molecule has 0 saturated heterocycles. The van der Waals surface area contributed by atoms with Crippen LogP contribution in [-0.2, 0) is 10.2 Å². The molecule has 2 unspecified atom stereocenters. The molecule has 1 aliphatic rings. The maximum absolute atomic E-state index is 11.5. The summed E-state index contributed by atoms with van der Waals surface area (Å²) in [6.07, 6.45) is 1.80. The number of benzene rings is 1. The van der Waals surface area contributed by atoms with Gasteiger partial charge in [-0.15, -0.1) is 11.8 Å². The van der Waals surface area contributed by atoms with Crippen molar-refractivity contribution >= 4 is 17.5 Å². The van der Waals surface area contributed by atoms with E-state index in [1.165, 1.54) is 10.5 Å². The molecule has 0 radical (unpaired) electrons. The number of carbonyl (C=O) groups is 1. The van der Waals surface area contributed by atoms with Gasteiger partial charge in [0.25, 0.3) is 0 Å². The third-order valence-electron chi connectivity index (χ3n) is 3.75. The number of rotatable bonds is 2. The van der Waals surface area contributed by atoms with E-state index < -0.39 is 0 Å². The van der Waals surface area contributed by atoms with Gasteiger partial charge in [0.05, 0.1) is 0 Å². The highest BCUT2D eigenvalue weighted by molar-refractivity contribution is 8.00. The summed E-state index contributed by atoms with van der Waals surface area (Å²) in [7, 11) is 0. The Balaban J connectivity index is 2.05. The highest BCUT2D eigenvalue weighted by Crippen LogP contribution is 2.37. The van der Waals surface area contributed by atoms with E-state index in [0.29, 0.717) is 11.0 Å². The van der Waals surface area contributed by atoms with Crippen molar-refractivity contribution in [2.24, 2.45) is 5.92 Å². The van der Waals surface area contributed by atoms with Gasteiger partial charge in [-0.1, -0.05) is 39.8 Å². The highest BCUT2D eigenvalue weighted by atomic mass is 32.2. The van der Waals surface area contributed by atoms with Crippen molar-refractivity contribution in [2.45, 2.75) is 56.1 Å². The maximum atomic E-state index is 11.5. The second-order valence-electron chi connectivity index (χ2n) is 6.22. The first-order chi connectivity index (χ1) is 8.38. The van der Waals surface area contributed by atoms with Crippen molar-refractivity contribution in [3.05, 3.63) is 29.8 Å². The summed E-state index contributed by atoms with van der Waals surface area (Å²) in [5, 5.41) is 0.470. The molecule has 1 fully saturated rings. The van der Waals surface area contributed by atoms with Crippen LogP contribution in [0.25, 0.3) is 0 Å². The van der Waals surface area contributed by atoms with Gasteiger partial charge in [0.2, 0.25) is 0 Å². The van der Waals surface area contributed by atoms with Crippen LogP contribution in [0.1, 0.15) is 46.1 Å². The molecule has 1 aliphatic carbocycles. The van der Waals surface area contributed by atoms with Gasteiger partial charge >= 0.3 is 0 Å². The minimum absolute atomic E-state index is 0.208. The van der Waals surface area contributed by atoms with Crippen molar-refractivity contribution in [1.82, 2.24) is 0 Å². The summed E-state index contributed by atoms with van der Waals surface area (Å²) in [5.74, 6) is 0.649. The van der Waals surface area contributed by atoms with Gasteiger partial charge in [0.15, 0.2) is 0 Å². The molecule has 0 aromatic heterocycles. The number of hydrogen-bond donors (Lipinski definition) is 0. The van der Waals surface area contributed by atoms with Crippen LogP contribution >= 0.6 is 11.8 Å². The molecule has 0 amide bonds. The fourth-order valence-electron chi connectivity index (χ4n) is 2.34. The van der Waals surface area contributed by atoms with Crippen LogP contribution < -0.4 is 0 Å².